The lowest BCUT2D eigenvalue weighted by atomic mass is 9.67. The van der Waals surface area contributed by atoms with Crippen LogP contribution in [0.2, 0.25) is 0 Å². The van der Waals surface area contributed by atoms with E-state index in [2.05, 4.69) is 33.0 Å². The van der Waals surface area contributed by atoms with E-state index in [9.17, 15) is 9.50 Å². The zero-order valence-corrected chi connectivity index (χ0v) is 20.0. The number of hydrogen-bond acceptors (Lipinski definition) is 5. The Balaban J connectivity index is 1.35. The summed E-state index contributed by atoms with van der Waals surface area (Å²) in [6.45, 7) is 4.19. The number of benzene rings is 2. The molecule has 35 heavy (non-hydrogen) atoms. The van der Waals surface area contributed by atoms with Crippen molar-refractivity contribution >= 4 is 5.57 Å². The molecule has 6 rings (SSSR count). The van der Waals surface area contributed by atoms with E-state index in [0.717, 1.165) is 49.6 Å². The van der Waals surface area contributed by atoms with Gasteiger partial charge in [-0.05, 0) is 70.7 Å². The molecular formula is C29H30FN3O2. The molecule has 1 fully saturated rings. The molecule has 5 nitrogen and oxygen atoms in total. The minimum Gasteiger partial charge on any atom is -0.497 e. The van der Waals surface area contributed by atoms with Crippen molar-refractivity contribution in [3.05, 3.63) is 101 Å². The molecule has 1 saturated heterocycles. The summed E-state index contributed by atoms with van der Waals surface area (Å²) in [5, 5.41) is 10.5. The van der Waals surface area contributed by atoms with Crippen LogP contribution in [0.5, 0.6) is 5.75 Å². The molecule has 6 heteroatoms. The van der Waals surface area contributed by atoms with Crippen molar-refractivity contribution in [2.75, 3.05) is 33.4 Å². The quantitative estimate of drug-likeness (QED) is 0.591. The maximum atomic E-state index is 14.0. The Hall–Kier alpha value is -3.06. The van der Waals surface area contributed by atoms with Crippen LogP contribution in [-0.2, 0) is 19.5 Å². The number of methoxy groups -OCH3 is 1. The second kappa shape index (κ2) is 8.86. The van der Waals surface area contributed by atoms with Crippen LogP contribution in [0, 0.1) is 11.2 Å². The minimum absolute atomic E-state index is 0.0249. The second-order valence-corrected chi connectivity index (χ2v) is 10.1. The van der Waals surface area contributed by atoms with Gasteiger partial charge in [0.1, 0.15) is 11.6 Å². The average Bonchev–Trinajstić information content (AvgIpc) is 3.23. The summed E-state index contributed by atoms with van der Waals surface area (Å²) in [5.74, 6) is 0.639. The number of pyridine rings is 1. The van der Waals surface area contributed by atoms with E-state index in [1.54, 1.807) is 19.2 Å². The Morgan fingerprint density at radius 1 is 1.06 bits per heavy atom. The molecule has 3 aromatic rings. The van der Waals surface area contributed by atoms with Crippen LogP contribution in [0.4, 0.5) is 4.39 Å². The molecule has 2 aliphatic heterocycles. The number of aromatic nitrogens is 1. The van der Waals surface area contributed by atoms with Gasteiger partial charge in [-0.2, -0.15) is 0 Å². The van der Waals surface area contributed by atoms with Crippen LogP contribution in [0.1, 0.15) is 22.4 Å². The molecule has 1 aliphatic carbocycles. The van der Waals surface area contributed by atoms with Gasteiger partial charge in [0.2, 0.25) is 0 Å². The van der Waals surface area contributed by atoms with E-state index in [4.69, 9.17) is 4.74 Å². The first-order valence-corrected chi connectivity index (χ1v) is 12.2. The van der Waals surface area contributed by atoms with Crippen molar-refractivity contribution in [1.29, 1.82) is 0 Å². The lowest BCUT2D eigenvalue weighted by Gasteiger charge is -2.57. The van der Waals surface area contributed by atoms with Crippen molar-refractivity contribution in [2.24, 2.45) is 5.41 Å². The smallest absolute Gasteiger partial charge is 0.123 e. The first kappa shape index (κ1) is 22.4. The Labute approximate surface area is 205 Å². The highest BCUT2D eigenvalue weighted by molar-refractivity contribution is 5.83. The molecule has 3 heterocycles. The second-order valence-electron chi connectivity index (χ2n) is 10.1. The number of ether oxygens (including phenoxy) is 1. The Morgan fingerprint density at radius 2 is 1.94 bits per heavy atom. The summed E-state index contributed by atoms with van der Waals surface area (Å²) in [6, 6.07) is 19.2. The van der Waals surface area contributed by atoms with E-state index in [1.165, 1.54) is 28.3 Å². The number of nitrogens with zero attached hydrogens (tertiary/aromatic N) is 3. The fourth-order valence-electron chi connectivity index (χ4n) is 6.42. The molecular weight excluding hydrogens is 441 g/mol. The van der Waals surface area contributed by atoms with Gasteiger partial charge in [0.15, 0.2) is 0 Å². The van der Waals surface area contributed by atoms with Gasteiger partial charge in [-0.3, -0.25) is 14.8 Å². The molecule has 1 N–H and O–H groups in total. The predicted octanol–water partition coefficient (Wildman–Crippen LogP) is 3.92. The van der Waals surface area contributed by atoms with Crippen molar-refractivity contribution in [3.8, 4) is 5.75 Å². The monoisotopic (exact) mass is 471 g/mol. The number of halogens is 1. The van der Waals surface area contributed by atoms with Crippen molar-refractivity contribution in [1.82, 2.24) is 14.8 Å². The maximum absolute atomic E-state index is 14.0. The zero-order chi connectivity index (χ0) is 24.0. The molecule has 0 bridgehead atoms. The van der Waals surface area contributed by atoms with Gasteiger partial charge in [-0.15, -0.1) is 0 Å². The molecule has 0 radical (unpaired) electrons. The van der Waals surface area contributed by atoms with Crippen LogP contribution in [0.25, 0.3) is 5.57 Å². The molecule has 0 amide bonds. The van der Waals surface area contributed by atoms with E-state index in [0.29, 0.717) is 6.54 Å². The van der Waals surface area contributed by atoms with Gasteiger partial charge in [0.25, 0.3) is 0 Å². The Bertz CT molecular complexity index is 1270. The molecule has 1 spiro atoms. The highest BCUT2D eigenvalue weighted by atomic mass is 19.1. The SMILES string of the molecule is COc1ccc2c(c1)CC1=C2C2(CN(Cc3ccccn3)C2)CN(Cc2cccc(F)c2)[C@@H]1CO. The number of aliphatic hydroxyl groups excluding tert-OH is 1. The third kappa shape index (κ3) is 3.96. The summed E-state index contributed by atoms with van der Waals surface area (Å²) in [4.78, 5) is 9.32. The number of fused-ring (bicyclic) bond motifs is 3. The Kier molecular flexibility index (Phi) is 5.67. The molecule has 1 atom stereocenters. The molecule has 180 valence electrons. The maximum Gasteiger partial charge on any atom is 0.123 e. The van der Waals surface area contributed by atoms with Crippen molar-refractivity contribution < 1.29 is 14.2 Å². The zero-order valence-electron chi connectivity index (χ0n) is 20.0. The fourth-order valence-corrected chi connectivity index (χ4v) is 6.42. The lowest BCUT2D eigenvalue weighted by molar-refractivity contribution is -0.0146. The van der Waals surface area contributed by atoms with Crippen LogP contribution in [0.15, 0.2) is 72.4 Å². The minimum atomic E-state index is -0.222. The highest BCUT2D eigenvalue weighted by Gasteiger charge is 2.54. The summed E-state index contributed by atoms with van der Waals surface area (Å²) in [7, 11) is 1.70. The summed E-state index contributed by atoms with van der Waals surface area (Å²) < 4.78 is 19.5. The topological polar surface area (TPSA) is 48.8 Å². The van der Waals surface area contributed by atoms with Gasteiger partial charge in [-0.25, -0.2) is 4.39 Å². The number of aliphatic hydroxyl groups is 1. The van der Waals surface area contributed by atoms with E-state index >= 15 is 0 Å². The fraction of sp³-hybridized carbons (Fsp3) is 0.345. The highest BCUT2D eigenvalue weighted by Crippen LogP contribution is 2.54. The molecule has 2 aromatic carbocycles. The van der Waals surface area contributed by atoms with Crippen molar-refractivity contribution in [3.63, 3.8) is 0 Å². The first-order chi connectivity index (χ1) is 17.1. The van der Waals surface area contributed by atoms with Crippen LogP contribution >= 0.6 is 0 Å². The largest absolute Gasteiger partial charge is 0.497 e. The summed E-state index contributed by atoms with van der Waals surface area (Å²) in [6.07, 6.45) is 2.66. The third-order valence-electron chi connectivity index (χ3n) is 7.77. The third-order valence-corrected chi connectivity index (χ3v) is 7.77. The van der Waals surface area contributed by atoms with Crippen molar-refractivity contribution in [2.45, 2.75) is 25.6 Å². The molecule has 1 aromatic heterocycles. The predicted molar refractivity (Wildman–Crippen MR) is 133 cm³/mol. The van der Waals surface area contributed by atoms with E-state index < -0.39 is 0 Å². The lowest BCUT2D eigenvalue weighted by Crippen LogP contribution is -2.64. The standard InChI is InChI=1S/C29H30FN3O2/c1-35-24-8-9-25-21(12-24)13-26-27(16-34)33(14-20-5-4-6-22(30)11-20)19-29(28(25)26)17-32(18-29)15-23-7-2-3-10-31-23/h2-12,27,34H,13-19H2,1H3/t27-/m1/s1. The van der Waals surface area contributed by atoms with Gasteiger partial charge in [0, 0.05) is 44.3 Å². The molecule has 0 saturated carbocycles. The summed E-state index contributed by atoms with van der Waals surface area (Å²) in [5.41, 5.74) is 7.25. The van der Waals surface area contributed by atoms with Crippen LogP contribution in [0.3, 0.4) is 0 Å². The van der Waals surface area contributed by atoms with Gasteiger partial charge in [0.05, 0.1) is 25.5 Å². The van der Waals surface area contributed by atoms with Crippen LogP contribution in [-0.4, -0.2) is 59.3 Å². The number of likely N-dealkylation sites (tertiary alicyclic amines) is 1. The van der Waals surface area contributed by atoms with Gasteiger partial charge >= 0.3 is 0 Å². The normalized spacial score (nSPS) is 21.1. The average molecular weight is 472 g/mol. The van der Waals surface area contributed by atoms with Gasteiger partial charge in [-0.1, -0.05) is 24.3 Å². The molecule has 3 aliphatic rings. The van der Waals surface area contributed by atoms with Crippen LogP contribution < -0.4 is 4.74 Å². The first-order valence-electron chi connectivity index (χ1n) is 12.2. The number of rotatable bonds is 6. The van der Waals surface area contributed by atoms with E-state index in [-0.39, 0.29) is 23.9 Å². The van der Waals surface area contributed by atoms with Gasteiger partial charge < -0.3 is 9.84 Å². The van der Waals surface area contributed by atoms with E-state index in [1.807, 2.05) is 30.5 Å². The molecule has 0 unspecified atom stereocenters. The Morgan fingerprint density at radius 3 is 2.69 bits per heavy atom. The number of hydrogen-bond donors (Lipinski definition) is 1. The summed E-state index contributed by atoms with van der Waals surface area (Å²) >= 11 is 0.